The summed E-state index contributed by atoms with van der Waals surface area (Å²) in [6, 6.07) is 19.3. The second-order valence-electron chi connectivity index (χ2n) is 5.82. The topological polar surface area (TPSA) is 66.9 Å². The molecule has 0 saturated heterocycles. The largest absolute Gasteiger partial charge is 0.350 e. The zero-order chi connectivity index (χ0) is 17.6. The number of carbonyl (C=O) groups excluding carboxylic acids is 1. The van der Waals surface area contributed by atoms with Gasteiger partial charge in [0, 0.05) is 29.6 Å². The van der Waals surface area contributed by atoms with Crippen molar-refractivity contribution in [2.45, 2.75) is 20.4 Å². The summed E-state index contributed by atoms with van der Waals surface area (Å²) in [7, 11) is 0. The van der Waals surface area contributed by atoms with Gasteiger partial charge in [-0.25, -0.2) is 4.98 Å². The number of aryl methyl sites for hydroxylation is 1. The first-order valence-electron chi connectivity index (χ1n) is 8.12. The first-order chi connectivity index (χ1) is 12.1. The number of nitrogens with one attached hydrogen (secondary N) is 2. The summed E-state index contributed by atoms with van der Waals surface area (Å²) >= 11 is 0. The van der Waals surface area contributed by atoms with Crippen molar-refractivity contribution in [3.05, 3.63) is 77.5 Å². The third-order valence-corrected chi connectivity index (χ3v) is 3.71. The maximum absolute atomic E-state index is 11.3. The molecule has 0 aliphatic rings. The number of rotatable bonds is 6. The lowest BCUT2D eigenvalue weighted by atomic mass is 10.1. The predicted molar refractivity (Wildman–Crippen MR) is 100 cm³/mol. The van der Waals surface area contributed by atoms with Gasteiger partial charge in [-0.2, -0.15) is 4.98 Å². The van der Waals surface area contributed by atoms with E-state index < -0.39 is 0 Å². The van der Waals surface area contributed by atoms with Crippen molar-refractivity contribution in [2.75, 3.05) is 10.6 Å². The van der Waals surface area contributed by atoms with Gasteiger partial charge in [0.15, 0.2) is 5.78 Å². The molecule has 5 heteroatoms. The molecule has 0 amide bonds. The fourth-order valence-electron chi connectivity index (χ4n) is 2.42. The van der Waals surface area contributed by atoms with Crippen LogP contribution in [0.3, 0.4) is 0 Å². The molecule has 2 N–H and O–H groups in total. The van der Waals surface area contributed by atoms with Crippen molar-refractivity contribution < 1.29 is 4.79 Å². The SMILES string of the molecule is CC(=O)c1ccc(Nc2cc(C)nc(NCc3ccccc3)n2)cc1. The summed E-state index contributed by atoms with van der Waals surface area (Å²) in [6.07, 6.45) is 0. The van der Waals surface area contributed by atoms with Crippen LogP contribution in [0.1, 0.15) is 28.5 Å². The Morgan fingerprint density at radius 2 is 1.72 bits per heavy atom. The van der Waals surface area contributed by atoms with Gasteiger partial charge >= 0.3 is 0 Å². The molecular weight excluding hydrogens is 312 g/mol. The van der Waals surface area contributed by atoms with E-state index in [4.69, 9.17) is 0 Å². The van der Waals surface area contributed by atoms with Gasteiger partial charge in [-0.15, -0.1) is 0 Å². The highest BCUT2D eigenvalue weighted by atomic mass is 16.1. The Labute approximate surface area is 147 Å². The molecule has 0 fully saturated rings. The molecule has 0 spiro atoms. The van der Waals surface area contributed by atoms with E-state index in [-0.39, 0.29) is 5.78 Å². The van der Waals surface area contributed by atoms with Crippen LogP contribution in [-0.4, -0.2) is 15.8 Å². The lowest BCUT2D eigenvalue weighted by Gasteiger charge is -2.10. The minimum absolute atomic E-state index is 0.0526. The van der Waals surface area contributed by atoms with Gasteiger partial charge in [-0.3, -0.25) is 4.79 Å². The monoisotopic (exact) mass is 332 g/mol. The van der Waals surface area contributed by atoms with Crippen LogP contribution in [0.25, 0.3) is 0 Å². The minimum atomic E-state index is 0.0526. The first kappa shape index (κ1) is 16.6. The third kappa shape index (κ3) is 4.64. The van der Waals surface area contributed by atoms with Gasteiger partial charge in [0.1, 0.15) is 5.82 Å². The molecule has 3 aromatic rings. The zero-order valence-electron chi connectivity index (χ0n) is 14.3. The van der Waals surface area contributed by atoms with E-state index in [0.29, 0.717) is 23.9 Å². The van der Waals surface area contributed by atoms with Gasteiger partial charge < -0.3 is 10.6 Å². The number of anilines is 3. The van der Waals surface area contributed by atoms with Crippen LogP contribution >= 0.6 is 0 Å². The van der Waals surface area contributed by atoms with E-state index in [9.17, 15) is 4.79 Å². The fourth-order valence-corrected chi connectivity index (χ4v) is 2.42. The van der Waals surface area contributed by atoms with Gasteiger partial charge in [0.25, 0.3) is 0 Å². The van der Waals surface area contributed by atoms with Crippen molar-refractivity contribution in [1.29, 1.82) is 0 Å². The number of ketones is 1. The lowest BCUT2D eigenvalue weighted by molar-refractivity contribution is 0.101. The molecule has 0 unspecified atom stereocenters. The number of benzene rings is 2. The molecule has 0 aliphatic heterocycles. The molecule has 0 saturated carbocycles. The van der Waals surface area contributed by atoms with Crippen molar-refractivity contribution in [3.63, 3.8) is 0 Å². The Balaban J connectivity index is 1.71. The Morgan fingerprint density at radius 3 is 2.40 bits per heavy atom. The minimum Gasteiger partial charge on any atom is -0.350 e. The Bertz CT molecular complexity index is 861. The van der Waals surface area contributed by atoms with E-state index >= 15 is 0 Å². The fraction of sp³-hybridized carbons (Fsp3) is 0.150. The van der Waals surface area contributed by atoms with Gasteiger partial charge in [-0.05, 0) is 43.7 Å². The van der Waals surface area contributed by atoms with Crippen molar-refractivity contribution in [2.24, 2.45) is 0 Å². The summed E-state index contributed by atoms with van der Waals surface area (Å²) in [4.78, 5) is 20.3. The molecule has 25 heavy (non-hydrogen) atoms. The summed E-state index contributed by atoms with van der Waals surface area (Å²) in [5.41, 5.74) is 3.60. The second kappa shape index (κ2) is 7.57. The van der Waals surface area contributed by atoms with Crippen LogP contribution in [0.2, 0.25) is 0 Å². The molecule has 3 rings (SSSR count). The van der Waals surface area contributed by atoms with E-state index in [1.165, 1.54) is 5.56 Å². The molecule has 0 bridgehead atoms. The summed E-state index contributed by atoms with van der Waals surface area (Å²) < 4.78 is 0. The molecule has 126 valence electrons. The predicted octanol–water partition coefficient (Wildman–Crippen LogP) is 4.34. The van der Waals surface area contributed by atoms with E-state index in [1.807, 2.05) is 43.3 Å². The van der Waals surface area contributed by atoms with Crippen molar-refractivity contribution in [3.8, 4) is 0 Å². The number of Topliss-reactive ketones (excluding diaryl/α,β-unsaturated/α-hetero) is 1. The molecule has 0 aliphatic carbocycles. The molecule has 1 heterocycles. The van der Waals surface area contributed by atoms with Gasteiger partial charge in [-0.1, -0.05) is 30.3 Å². The molecule has 1 aromatic heterocycles. The smallest absolute Gasteiger partial charge is 0.225 e. The highest BCUT2D eigenvalue weighted by Gasteiger charge is 2.04. The van der Waals surface area contributed by atoms with Crippen LogP contribution < -0.4 is 10.6 Å². The number of hydrogen-bond donors (Lipinski definition) is 2. The van der Waals surface area contributed by atoms with E-state index in [2.05, 4.69) is 32.7 Å². The number of carbonyl (C=O) groups is 1. The van der Waals surface area contributed by atoms with Crippen molar-refractivity contribution in [1.82, 2.24) is 9.97 Å². The van der Waals surface area contributed by atoms with Crippen LogP contribution in [-0.2, 0) is 6.54 Å². The number of aromatic nitrogens is 2. The Kier molecular flexibility index (Phi) is 5.04. The summed E-state index contributed by atoms with van der Waals surface area (Å²) in [5, 5.41) is 6.49. The normalized spacial score (nSPS) is 10.3. The molecule has 0 atom stereocenters. The number of nitrogens with zero attached hydrogens (tertiary/aromatic N) is 2. The quantitative estimate of drug-likeness (QED) is 0.657. The molecular formula is C20H20N4O. The van der Waals surface area contributed by atoms with Crippen molar-refractivity contribution >= 4 is 23.2 Å². The van der Waals surface area contributed by atoms with Crippen LogP contribution in [0.5, 0.6) is 0 Å². The first-order valence-corrected chi connectivity index (χ1v) is 8.12. The second-order valence-corrected chi connectivity index (χ2v) is 5.82. The third-order valence-electron chi connectivity index (χ3n) is 3.71. The standard InChI is InChI=1S/C20H20N4O/c1-14-12-19(23-18-10-8-17(9-11-18)15(2)25)24-20(22-14)21-13-16-6-4-3-5-7-16/h3-12H,13H2,1-2H3,(H2,21,22,23,24). The highest BCUT2D eigenvalue weighted by molar-refractivity contribution is 5.94. The maximum atomic E-state index is 11.3. The molecule has 2 aromatic carbocycles. The highest BCUT2D eigenvalue weighted by Crippen LogP contribution is 2.18. The van der Waals surface area contributed by atoms with Crippen LogP contribution in [0.4, 0.5) is 17.5 Å². The average molecular weight is 332 g/mol. The molecule has 5 nitrogen and oxygen atoms in total. The average Bonchev–Trinajstić information content (AvgIpc) is 2.61. The zero-order valence-corrected chi connectivity index (χ0v) is 14.3. The Morgan fingerprint density at radius 1 is 1.00 bits per heavy atom. The Hall–Kier alpha value is -3.21. The van der Waals surface area contributed by atoms with Gasteiger partial charge in [0.2, 0.25) is 5.95 Å². The lowest BCUT2D eigenvalue weighted by Crippen LogP contribution is -2.06. The van der Waals surface area contributed by atoms with E-state index in [0.717, 1.165) is 11.4 Å². The van der Waals surface area contributed by atoms with Crippen LogP contribution in [0.15, 0.2) is 60.7 Å². The van der Waals surface area contributed by atoms with Gasteiger partial charge in [0.05, 0.1) is 0 Å². The molecule has 0 radical (unpaired) electrons. The summed E-state index contributed by atoms with van der Waals surface area (Å²) in [6.45, 7) is 4.15. The van der Waals surface area contributed by atoms with Crippen LogP contribution in [0, 0.1) is 6.92 Å². The maximum Gasteiger partial charge on any atom is 0.225 e. The number of hydrogen-bond acceptors (Lipinski definition) is 5. The van der Waals surface area contributed by atoms with E-state index in [1.54, 1.807) is 19.1 Å². The summed E-state index contributed by atoms with van der Waals surface area (Å²) in [5.74, 6) is 1.34.